The number of Topliss-reactive ketones (excluding diaryl/α,β-unsaturated/α-hetero) is 1. The molecule has 164 valence electrons. The van der Waals surface area contributed by atoms with Crippen molar-refractivity contribution in [3.05, 3.63) is 53.6 Å². The Morgan fingerprint density at radius 2 is 1.71 bits per heavy atom. The fourth-order valence-electron chi connectivity index (χ4n) is 3.85. The fourth-order valence-corrected chi connectivity index (χ4v) is 3.85. The third-order valence-electron chi connectivity index (χ3n) is 5.38. The van der Waals surface area contributed by atoms with Crippen molar-refractivity contribution in [2.45, 2.75) is 32.7 Å². The van der Waals surface area contributed by atoms with Crippen LogP contribution in [0.5, 0.6) is 11.5 Å². The molecule has 0 spiro atoms. The molecular weight excluding hydrogens is 398 g/mol. The summed E-state index contributed by atoms with van der Waals surface area (Å²) in [6, 6.07) is 12.3. The third-order valence-corrected chi connectivity index (χ3v) is 5.38. The first-order chi connectivity index (χ1) is 14.8. The van der Waals surface area contributed by atoms with Crippen molar-refractivity contribution in [1.82, 2.24) is 0 Å². The van der Waals surface area contributed by atoms with Crippen molar-refractivity contribution >= 4 is 23.3 Å². The number of carbonyl (C=O) groups excluding carboxylic acids is 3. The van der Waals surface area contributed by atoms with Crippen LogP contribution < -0.4 is 14.4 Å². The molecule has 0 radical (unpaired) electrons. The highest BCUT2D eigenvalue weighted by Crippen LogP contribution is 2.42. The molecule has 1 fully saturated rings. The van der Waals surface area contributed by atoms with Crippen LogP contribution >= 0.6 is 0 Å². The average Bonchev–Trinajstić information content (AvgIpc) is 2.77. The number of hydrogen-bond donors (Lipinski definition) is 0. The van der Waals surface area contributed by atoms with Crippen LogP contribution in [0.4, 0.5) is 5.69 Å². The number of nitrogens with zero attached hydrogens (tertiary/aromatic N) is 1. The van der Waals surface area contributed by atoms with Crippen molar-refractivity contribution < 1.29 is 28.6 Å². The van der Waals surface area contributed by atoms with Gasteiger partial charge in [-0.05, 0) is 50.1 Å². The number of methoxy groups -OCH3 is 2. The second-order valence-corrected chi connectivity index (χ2v) is 7.61. The zero-order valence-electron chi connectivity index (χ0n) is 18.2. The molecule has 0 saturated carbocycles. The monoisotopic (exact) mass is 425 g/mol. The van der Waals surface area contributed by atoms with Gasteiger partial charge < -0.3 is 19.1 Å². The van der Waals surface area contributed by atoms with Gasteiger partial charge in [0.15, 0.2) is 17.3 Å². The Hall–Kier alpha value is -3.35. The van der Waals surface area contributed by atoms with E-state index in [1.54, 1.807) is 24.1 Å². The van der Waals surface area contributed by atoms with Crippen LogP contribution in [0.1, 0.15) is 36.9 Å². The molecule has 1 amide bonds. The SMILES string of the molecule is COc1ccc([C@@H]2[C@H](C(=O)OCC(C)=O)CCC(=O)N2c2ccc(C)cc2)cc1OC. The number of hydrogen-bond acceptors (Lipinski definition) is 6. The van der Waals surface area contributed by atoms with Gasteiger partial charge in [0.2, 0.25) is 5.91 Å². The summed E-state index contributed by atoms with van der Waals surface area (Å²) in [5.74, 6) is -0.405. The number of piperidine rings is 1. The molecule has 31 heavy (non-hydrogen) atoms. The number of amides is 1. The van der Waals surface area contributed by atoms with Crippen molar-refractivity contribution in [1.29, 1.82) is 0 Å². The molecule has 2 aromatic rings. The van der Waals surface area contributed by atoms with Gasteiger partial charge in [-0.15, -0.1) is 0 Å². The molecule has 1 heterocycles. The molecule has 2 atom stereocenters. The highest BCUT2D eigenvalue weighted by Gasteiger charge is 2.42. The highest BCUT2D eigenvalue weighted by atomic mass is 16.5. The van der Waals surface area contributed by atoms with Crippen LogP contribution in [-0.2, 0) is 19.1 Å². The normalized spacial score (nSPS) is 18.5. The summed E-state index contributed by atoms with van der Waals surface area (Å²) in [4.78, 5) is 38.9. The van der Waals surface area contributed by atoms with Gasteiger partial charge >= 0.3 is 5.97 Å². The molecule has 0 aliphatic carbocycles. The predicted octanol–water partition coefficient (Wildman–Crippen LogP) is 3.63. The van der Waals surface area contributed by atoms with Crippen LogP contribution in [0.3, 0.4) is 0 Å². The summed E-state index contributed by atoms with van der Waals surface area (Å²) in [5, 5.41) is 0. The minimum atomic E-state index is -0.628. The van der Waals surface area contributed by atoms with Gasteiger partial charge in [0.25, 0.3) is 0 Å². The zero-order chi connectivity index (χ0) is 22.5. The minimum Gasteiger partial charge on any atom is -0.493 e. The lowest BCUT2D eigenvalue weighted by Gasteiger charge is -2.40. The Morgan fingerprint density at radius 3 is 2.32 bits per heavy atom. The van der Waals surface area contributed by atoms with Crippen LogP contribution in [0.15, 0.2) is 42.5 Å². The van der Waals surface area contributed by atoms with E-state index >= 15 is 0 Å². The lowest BCUT2D eigenvalue weighted by atomic mass is 9.83. The largest absolute Gasteiger partial charge is 0.493 e. The lowest BCUT2D eigenvalue weighted by molar-refractivity contribution is -0.153. The van der Waals surface area contributed by atoms with E-state index in [1.165, 1.54) is 14.0 Å². The molecule has 7 heteroatoms. The number of ether oxygens (including phenoxy) is 3. The van der Waals surface area contributed by atoms with Crippen molar-refractivity contribution in [2.75, 3.05) is 25.7 Å². The van der Waals surface area contributed by atoms with Crippen molar-refractivity contribution in [3.63, 3.8) is 0 Å². The molecule has 7 nitrogen and oxygen atoms in total. The molecule has 0 aromatic heterocycles. The van der Waals surface area contributed by atoms with Crippen molar-refractivity contribution in [2.24, 2.45) is 5.92 Å². The Bertz CT molecular complexity index is 969. The highest BCUT2D eigenvalue weighted by molar-refractivity contribution is 5.97. The molecule has 0 bridgehead atoms. The predicted molar refractivity (Wildman–Crippen MR) is 115 cm³/mol. The topological polar surface area (TPSA) is 82.1 Å². The zero-order valence-corrected chi connectivity index (χ0v) is 18.2. The number of rotatable bonds is 7. The minimum absolute atomic E-state index is 0.0840. The second-order valence-electron chi connectivity index (χ2n) is 7.61. The molecule has 0 unspecified atom stereocenters. The van der Waals surface area contributed by atoms with Gasteiger partial charge in [-0.1, -0.05) is 23.8 Å². The Labute approximate surface area is 181 Å². The molecule has 1 aliphatic heterocycles. The molecule has 1 saturated heterocycles. The summed E-state index contributed by atoms with van der Waals surface area (Å²) < 4.78 is 16.0. The number of anilines is 1. The van der Waals surface area contributed by atoms with Gasteiger partial charge in [0, 0.05) is 12.1 Å². The summed E-state index contributed by atoms with van der Waals surface area (Å²) in [5.41, 5.74) is 2.48. The second kappa shape index (κ2) is 9.64. The quantitative estimate of drug-likeness (QED) is 0.630. The maximum atomic E-state index is 13.0. The summed E-state index contributed by atoms with van der Waals surface area (Å²) in [6.45, 7) is 3.05. The first-order valence-corrected chi connectivity index (χ1v) is 10.1. The van der Waals surface area contributed by atoms with Gasteiger partial charge in [0.1, 0.15) is 6.61 Å². The summed E-state index contributed by atoms with van der Waals surface area (Å²) >= 11 is 0. The first-order valence-electron chi connectivity index (χ1n) is 10.1. The number of ketones is 1. The number of aryl methyl sites for hydroxylation is 1. The first kappa shape index (κ1) is 22.3. The summed E-state index contributed by atoms with van der Waals surface area (Å²) in [6.07, 6.45) is 0.536. The van der Waals surface area contributed by atoms with E-state index in [-0.39, 0.29) is 24.7 Å². The van der Waals surface area contributed by atoms with Crippen LogP contribution in [0, 0.1) is 12.8 Å². The van der Waals surface area contributed by atoms with E-state index in [2.05, 4.69) is 0 Å². The maximum Gasteiger partial charge on any atom is 0.311 e. The smallest absolute Gasteiger partial charge is 0.311 e. The number of benzene rings is 2. The van der Waals surface area contributed by atoms with E-state index in [0.717, 1.165) is 11.1 Å². The lowest BCUT2D eigenvalue weighted by Crippen LogP contribution is -2.46. The molecular formula is C24H27NO6. The fraction of sp³-hybridized carbons (Fsp3) is 0.375. The van der Waals surface area contributed by atoms with Gasteiger partial charge in [-0.25, -0.2) is 0 Å². The van der Waals surface area contributed by atoms with E-state index < -0.39 is 17.9 Å². The Balaban J connectivity index is 2.09. The Morgan fingerprint density at radius 1 is 1.03 bits per heavy atom. The van der Waals surface area contributed by atoms with Crippen molar-refractivity contribution in [3.8, 4) is 11.5 Å². The number of carbonyl (C=O) groups is 3. The van der Waals surface area contributed by atoms with Gasteiger partial charge in [-0.2, -0.15) is 0 Å². The van der Waals surface area contributed by atoms with E-state index in [4.69, 9.17) is 14.2 Å². The third kappa shape index (κ3) is 4.87. The molecule has 3 rings (SSSR count). The van der Waals surface area contributed by atoms with E-state index in [0.29, 0.717) is 23.6 Å². The standard InChI is InChI=1S/C24H27NO6/c1-15-5-8-18(9-6-15)25-22(27)12-10-19(24(28)31-14-16(2)26)23(25)17-7-11-20(29-3)21(13-17)30-4/h5-9,11,13,19,23H,10,12,14H2,1-4H3/t19-,23-/m1/s1. The molecule has 2 aromatic carbocycles. The van der Waals surface area contributed by atoms with Crippen LogP contribution in [-0.4, -0.2) is 38.5 Å². The molecule has 0 N–H and O–H groups in total. The molecule has 1 aliphatic rings. The van der Waals surface area contributed by atoms with Crippen LogP contribution in [0.25, 0.3) is 0 Å². The summed E-state index contributed by atoms with van der Waals surface area (Å²) in [7, 11) is 3.08. The Kier molecular flexibility index (Phi) is 6.95. The van der Waals surface area contributed by atoms with Gasteiger partial charge in [0.05, 0.1) is 26.2 Å². The van der Waals surface area contributed by atoms with Gasteiger partial charge in [-0.3, -0.25) is 14.4 Å². The number of esters is 1. The van der Waals surface area contributed by atoms with Crippen LogP contribution in [0.2, 0.25) is 0 Å². The average molecular weight is 425 g/mol. The maximum absolute atomic E-state index is 13.0. The van der Waals surface area contributed by atoms with E-state index in [1.807, 2.05) is 37.3 Å². The van der Waals surface area contributed by atoms with E-state index in [9.17, 15) is 14.4 Å².